The van der Waals surface area contributed by atoms with Crippen LogP contribution in [0, 0.1) is 5.41 Å². The number of imide groups is 1. The summed E-state index contributed by atoms with van der Waals surface area (Å²) in [5.41, 5.74) is 18.9. The number of benzene rings is 1. The van der Waals surface area contributed by atoms with E-state index in [1.54, 1.807) is 37.3 Å². The Labute approximate surface area is 231 Å². The van der Waals surface area contributed by atoms with Gasteiger partial charge in [0.2, 0.25) is 11.8 Å². The molecular formula is C25H37N9O6. The van der Waals surface area contributed by atoms with Crippen LogP contribution >= 0.6 is 0 Å². The van der Waals surface area contributed by atoms with Gasteiger partial charge in [0.1, 0.15) is 18.0 Å². The average Bonchev–Trinajstić information content (AvgIpc) is 3.40. The largest absolute Gasteiger partial charge is 0.481 e. The third-order valence-electron chi connectivity index (χ3n) is 6.44. The molecule has 0 saturated carbocycles. The maximum atomic E-state index is 13.8. The highest BCUT2D eigenvalue weighted by Crippen LogP contribution is 2.26. The third kappa shape index (κ3) is 8.49. The molecule has 1 aromatic rings. The van der Waals surface area contributed by atoms with E-state index in [4.69, 9.17) is 22.6 Å². The SMILES string of the molecule is CCC(=O)N(C(=O)[C@@H]1CCCN1C(=O)[C@@H](N)C(C(=O)O)c1ccccc1)[C@H](C=NNC(N)=O)CCCNC(=N)N. The van der Waals surface area contributed by atoms with Crippen LogP contribution in [0.1, 0.15) is 50.5 Å². The first-order chi connectivity index (χ1) is 19.0. The van der Waals surface area contributed by atoms with Gasteiger partial charge in [0.05, 0.1) is 6.04 Å². The number of likely N-dealkylation sites (tertiary alicyclic amines) is 1. The summed E-state index contributed by atoms with van der Waals surface area (Å²) in [5.74, 6) is -4.81. The standard InChI is InChI=1S/C25H37N9O6/c1-2-18(35)34(16(14-31-32-25(29)40)10-6-12-30-24(27)28)21(36)17-11-7-13-33(17)22(37)20(26)19(23(38)39)15-8-4-3-5-9-15/h3-5,8-9,14,16-17,19-20H,2,6-7,10-13,26H2,1H3,(H,38,39)(H4,27,28,30)(H3,29,32,40)/t16-,17-,19?,20-/m0/s1. The molecule has 0 aromatic heterocycles. The second kappa shape index (κ2) is 15.2. The summed E-state index contributed by atoms with van der Waals surface area (Å²) in [6.45, 7) is 1.99. The molecule has 1 aliphatic rings. The maximum absolute atomic E-state index is 13.8. The number of nitrogens with two attached hydrogens (primary N) is 3. The predicted octanol–water partition coefficient (Wildman–Crippen LogP) is -0.776. The Balaban J connectivity index is 2.34. The molecule has 1 heterocycles. The minimum Gasteiger partial charge on any atom is -0.481 e. The molecule has 40 heavy (non-hydrogen) atoms. The van der Waals surface area contributed by atoms with Crippen molar-refractivity contribution < 1.29 is 29.1 Å². The molecule has 5 amide bonds. The highest BCUT2D eigenvalue weighted by molar-refractivity contribution is 6.02. The second-order valence-electron chi connectivity index (χ2n) is 9.20. The van der Waals surface area contributed by atoms with Crippen molar-refractivity contribution >= 4 is 41.9 Å². The van der Waals surface area contributed by atoms with E-state index >= 15 is 0 Å². The number of nitrogens with zero attached hydrogens (tertiary/aromatic N) is 3. The van der Waals surface area contributed by atoms with Gasteiger partial charge in [-0.2, -0.15) is 5.10 Å². The Morgan fingerprint density at radius 3 is 2.48 bits per heavy atom. The van der Waals surface area contributed by atoms with Gasteiger partial charge in [-0.25, -0.2) is 10.2 Å². The van der Waals surface area contributed by atoms with Gasteiger partial charge < -0.3 is 32.5 Å². The number of carboxylic acids is 1. The zero-order valence-electron chi connectivity index (χ0n) is 22.3. The van der Waals surface area contributed by atoms with E-state index in [1.165, 1.54) is 11.1 Å². The lowest BCUT2D eigenvalue weighted by atomic mass is 9.91. The smallest absolute Gasteiger partial charge is 0.332 e. The predicted molar refractivity (Wildman–Crippen MR) is 146 cm³/mol. The number of hydrazone groups is 1. The number of hydrogen-bond acceptors (Lipinski definition) is 8. The Kier molecular flexibility index (Phi) is 12.0. The number of nitrogens with one attached hydrogen (secondary N) is 3. The lowest BCUT2D eigenvalue weighted by molar-refractivity contribution is -0.153. The molecule has 15 heteroatoms. The quantitative estimate of drug-likeness (QED) is 0.0692. The van der Waals surface area contributed by atoms with E-state index in [9.17, 15) is 29.1 Å². The fourth-order valence-corrected chi connectivity index (χ4v) is 4.58. The van der Waals surface area contributed by atoms with Crippen molar-refractivity contribution in [2.45, 2.75) is 63.1 Å². The van der Waals surface area contributed by atoms with Crippen LogP contribution in [0.3, 0.4) is 0 Å². The molecule has 1 fully saturated rings. The number of urea groups is 1. The van der Waals surface area contributed by atoms with E-state index < -0.39 is 53.8 Å². The number of rotatable bonds is 13. The van der Waals surface area contributed by atoms with Crippen molar-refractivity contribution in [1.29, 1.82) is 5.41 Å². The Morgan fingerprint density at radius 2 is 1.90 bits per heavy atom. The van der Waals surface area contributed by atoms with E-state index in [0.717, 1.165) is 4.90 Å². The first kappa shape index (κ1) is 31.7. The maximum Gasteiger partial charge on any atom is 0.332 e. The zero-order chi connectivity index (χ0) is 29.8. The molecule has 4 atom stereocenters. The highest BCUT2D eigenvalue weighted by Gasteiger charge is 2.44. The Morgan fingerprint density at radius 1 is 1.23 bits per heavy atom. The molecule has 0 bridgehead atoms. The van der Waals surface area contributed by atoms with Gasteiger partial charge in [-0.05, 0) is 31.2 Å². The number of carbonyl (C=O) groups excluding carboxylic acids is 4. The molecule has 1 aromatic carbocycles. The molecule has 0 aliphatic carbocycles. The monoisotopic (exact) mass is 559 g/mol. The zero-order valence-corrected chi connectivity index (χ0v) is 22.3. The van der Waals surface area contributed by atoms with Crippen LogP contribution in [0.5, 0.6) is 0 Å². The van der Waals surface area contributed by atoms with Crippen molar-refractivity contribution in [2.75, 3.05) is 13.1 Å². The minimum atomic E-state index is -1.47. The van der Waals surface area contributed by atoms with Gasteiger partial charge in [-0.15, -0.1) is 0 Å². The van der Waals surface area contributed by atoms with E-state index in [0.29, 0.717) is 18.4 Å². The summed E-state index contributed by atoms with van der Waals surface area (Å²) in [6, 6.07) is 3.70. The number of amides is 5. The first-order valence-corrected chi connectivity index (χ1v) is 12.9. The molecule has 10 N–H and O–H groups in total. The van der Waals surface area contributed by atoms with E-state index in [2.05, 4.69) is 10.4 Å². The molecule has 218 valence electrons. The van der Waals surface area contributed by atoms with Gasteiger partial charge in [0.25, 0.3) is 5.91 Å². The summed E-state index contributed by atoms with van der Waals surface area (Å²) in [5, 5.41) is 23.5. The minimum absolute atomic E-state index is 0.0414. The molecular weight excluding hydrogens is 522 g/mol. The average molecular weight is 560 g/mol. The number of aliphatic carboxylic acids is 1. The molecule has 0 radical (unpaired) electrons. The summed E-state index contributed by atoms with van der Waals surface area (Å²) in [7, 11) is 0. The second-order valence-corrected chi connectivity index (χ2v) is 9.20. The fraction of sp³-hybridized carbons (Fsp3) is 0.480. The van der Waals surface area contributed by atoms with Crippen LogP contribution in [-0.4, -0.2) is 88.0 Å². The summed E-state index contributed by atoms with van der Waals surface area (Å²) >= 11 is 0. The van der Waals surface area contributed by atoms with Crippen molar-refractivity contribution in [2.24, 2.45) is 22.3 Å². The van der Waals surface area contributed by atoms with Crippen molar-refractivity contribution in [3.8, 4) is 0 Å². The summed E-state index contributed by atoms with van der Waals surface area (Å²) in [4.78, 5) is 65.8. The number of hydrogen-bond donors (Lipinski definition) is 7. The normalized spacial score (nSPS) is 17.1. The Bertz CT molecular complexity index is 1110. The fourth-order valence-electron chi connectivity index (χ4n) is 4.58. The number of guanidine groups is 1. The topological polar surface area (TPSA) is 250 Å². The van der Waals surface area contributed by atoms with Crippen LogP contribution in [0.4, 0.5) is 4.79 Å². The molecule has 1 aliphatic heterocycles. The van der Waals surface area contributed by atoms with E-state index in [-0.39, 0.29) is 38.3 Å². The molecule has 1 saturated heterocycles. The van der Waals surface area contributed by atoms with Gasteiger partial charge in [0, 0.05) is 25.7 Å². The third-order valence-corrected chi connectivity index (χ3v) is 6.44. The van der Waals surface area contributed by atoms with Crippen molar-refractivity contribution in [1.82, 2.24) is 20.5 Å². The van der Waals surface area contributed by atoms with E-state index in [1.807, 2.05) is 5.43 Å². The number of carboxylic acid groups (broad SMARTS) is 1. The summed E-state index contributed by atoms with van der Waals surface area (Å²) < 4.78 is 0. The number of primary amides is 1. The van der Waals surface area contributed by atoms with Gasteiger partial charge in [-0.3, -0.25) is 29.5 Å². The van der Waals surface area contributed by atoms with Crippen LogP contribution in [0.25, 0.3) is 0 Å². The first-order valence-electron chi connectivity index (χ1n) is 12.9. The van der Waals surface area contributed by atoms with Crippen LogP contribution in [0.2, 0.25) is 0 Å². The van der Waals surface area contributed by atoms with Crippen LogP contribution in [-0.2, 0) is 19.2 Å². The molecule has 0 spiro atoms. The molecule has 15 nitrogen and oxygen atoms in total. The molecule has 2 rings (SSSR count). The van der Waals surface area contributed by atoms with Gasteiger partial charge in [-0.1, -0.05) is 37.3 Å². The summed E-state index contributed by atoms with van der Waals surface area (Å²) in [6.07, 6.45) is 2.40. The van der Waals surface area contributed by atoms with Crippen molar-refractivity contribution in [3.63, 3.8) is 0 Å². The van der Waals surface area contributed by atoms with Crippen molar-refractivity contribution in [3.05, 3.63) is 35.9 Å². The highest BCUT2D eigenvalue weighted by atomic mass is 16.4. The van der Waals surface area contributed by atoms with Gasteiger partial charge in [0.15, 0.2) is 5.96 Å². The lowest BCUT2D eigenvalue weighted by Gasteiger charge is -2.34. The van der Waals surface area contributed by atoms with Gasteiger partial charge >= 0.3 is 12.0 Å². The lowest BCUT2D eigenvalue weighted by Crippen LogP contribution is -2.57. The number of carbonyl (C=O) groups is 5. The Hall–Kier alpha value is -4.53. The van der Waals surface area contributed by atoms with Crippen LogP contribution < -0.4 is 27.9 Å². The molecule has 1 unspecified atom stereocenters. The van der Waals surface area contributed by atoms with Crippen LogP contribution in [0.15, 0.2) is 35.4 Å².